The quantitative estimate of drug-likeness (QED) is 0.910. The number of benzene rings is 1. The molecule has 0 spiro atoms. The summed E-state index contributed by atoms with van der Waals surface area (Å²) < 4.78 is 41.8. The van der Waals surface area contributed by atoms with Gasteiger partial charge in [-0.2, -0.15) is 5.10 Å². The van der Waals surface area contributed by atoms with Crippen molar-refractivity contribution in [3.63, 3.8) is 0 Å². The van der Waals surface area contributed by atoms with E-state index in [2.05, 4.69) is 10.4 Å². The van der Waals surface area contributed by atoms with Crippen molar-refractivity contribution in [2.24, 2.45) is 7.05 Å². The molecule has 1 aromatic carbocycles. The highest BCUT2D eigenvalue weighted by molar-refractivity contribution is 5.30. The molecular weight excluding hydrogens is 243 g/mol. The second-order valence-electron chi connectivity index (χ2n) is 3.92. The van der Waals surface area contributed by atoms with E-state index in [1.54, 1.807) is 26.4 Å². The number of hydrogen-bond donors (Lipinski definition) is 1. The molecule has 6 heteroatoms. The maximum absolute atomic E-state index is 13.7. The summed E-state index contributed by atoms with van der Waals surface area (Å²) in [4.78, 5) is 0. The van der Waals surface area contributed by atoms with Gasteiger partial charge in [-0.15, -0.1) is 0 Å². The van der Waals surface area contributed by atoms with E-state index in [0.29, 0.717) is 17.8 Å². The summed E-state index contributed by atoms with van der Waals surface area (Å²) in [6.07, 6.45) is 1.67. The average Bonchev–Trinajstić information content (AvgIpc) is 2.69. The number of aryl methyl sites for hydroxylation is 1. The number of aromatic nitrogens is 2. The van der Waals surface area contributed by atoms with Crippen LogP contribution in [0.4, 0.5) is 13.2 Å². The lowest BCUT2D eigenvalue weighted by atomic mass is 10.0. The number of hydrogen-bond acceptors (Lipinski definition) is 2. The summed E-state index contributed by atoms with van der Waals surface area (Å²) in [5.41, 5.74) is 0.224. The fourth-order valence-electron chi connectivity index (χ4n) is 1.86. The molecule has 18 heavy (non-hydrogen) atoms. The Morgan fingerprint density at radius 2 is 1.83 bits per heavy atom. The minimum Gasteiger partial charge on any atom is -0.308 e. The smallest absolute Gasteiger partial charge is 0.134 e. The fraction of sp³-hybridized carbons (Fsp3) is 0.250. The highest BCUT2D eigenvalue weighted by Gasteiger charge is 2.23. The Labute approximate surface area is 102 Å². The van der Waals surface area contributed by atoms with Crippen LogP contribution in [0.25, 0.3) is 0 Å². The van der Waals surface area contributed by atoms with Crippen molar-refractivity contribution in [2.75, 3.05) is 7.05 Å². The van der Waals surface area contributed by atoms with Crippen molar-refractivity contribution in [2.45, 2.75) is 6.04 Å². The van der Waals surface area contributed by atoms with Crippen molar-refractivity contribution in [3.05, 3.63) is 53.1 Å². The lowest BCUT2D eigenvalue weighted by molar-refractivity contribution is 0.495. The van der Waals surface area contributed by atoms with Gasteiger partial charge in [-0.3, -0.25) is 4.68 Å². The van der Waals surface area contributed by atoms with Gasteiger partial charge in [0.1, 0.15) is 17.5 Å². The molecule has 2 aromatic rings. The van der Waals surface area contributed by atoms with Crippen molar-refractivity contribution < 1.29 is 13.2 Å². The predicted molar refractivity (Wildman–Crippen MR) is 60.4 cm³/mol. The van der Waals surface area contributed by atoms with E-state index in [0.717, 1.165) is 0 Å². The van der Waals surface area contributed by atoms with E-state index in [-0.39, 0.29) is 5.56 Å². The monoisotopic (exact) mass is 255 g/mol. The zero-order valence-corrected chi connectivity index (χ0v) is 9.92. The second-order valence-corrected chi connectivity index (χ2v) is 3.92. The SMILES string of the molecule is CNC(c1ccn(C)n1)c1c(F)cc(F)cc1F. The van der Waals surface area contributed by atoms with E-state index in [9.17, 15) is 13.2 Å². The van der Waals surface area contributed by atoms with E-state index in [1.807, 2.05) is 0 Å². The molecule has 0 aliphatic rings. The van der Waals surface area contributed by atoms with Crippen LogP contribution in [0.15, 0.2) is 24.4 Å². The summed E-state index contributed by atoms with van der Waals surface area (Å²) in [6, 6.07) is 2.20. The van der Waals surface area contributed by atoms with Crippen LogP contribution in [0, 0.1) is 17.5 Å². The predicted octanol–water partition coefficient (Wildman–Crippen LogP) is 2.15. The minimum atomic E-state index is -0.940. The highest BCUT2D eigenvalue weighted by Crippen LogP contribution is 2.26. The number of halogens is 3. The van der Waals surface area contributed by atoms with Crippen molar-refractivity contribution in [3.8, 4) is 0 Å². The van der Waals surface area contributed by atoms with Crippen molar-refractivity contribution in [1.82, 2.24) is 15.1 Å². The zero-order valence-electron chi connectivity index (χ0n) is 9.92. The third-order valence-corrected chi connectivity index (χ3v) is 2.65. The van der Waals surface area contributed by atoms with Crippen LogP contribution in [-0.4, -0.2) is 16.8 Å². The van der Waals surface area contributed by atoms with Crippen LogP contribution in [0.5, 0.6) is 0 Å². The molecule has 1 heterocycles. The first kappa shape index (κ1) is 12.6. The van der Waals surface area contributed by atoms with Crippen LogP contribution in [0.1, 0.15) is 17.3 Å². The van der Waals surface area contributed by atoms with Gasteiger partial charge < -0.3 is 5.32 Å². The summed E-state index contributed by atoms with van der Waals surface area (Å²) >= 11 is 0. The van der Waals surface area contributed by atoms with E-state index >= 15 is 0 Å². The maximum Gasteiger partial charge on any atom is 0.134 e. The van der Waals surface area contributed by atoms with Crippen molar-refractivity contribution in [1.29, 1.82) is 0 Å². The molecule has 1 N–H and O–H groups in total. The molecule has 0 bridgehead atoms. The zero-order chi connectivity index (χ0) is 13.3. The van der Waals surface area contributed by atoms with Gasteiger partial charge in [-0.25, -0.2) is 13.2 Å². The Hall–Kier alpha value is -1.82. The van der Waals surface area contributed by atoms with Crippen LogP contribution in [0.3, 0.4) is 0 Å². The topological polar surface area (TPSA) is 29.9 Å². The van der Waals surface area contributed by atoms with Gasteiger partial charge in [-0.1, -0.05) is 0 Å². The molecule has 1 atom stereocenters. The first-order valence-corrected chi connectivity index (χ1v) is 5.34. The lowest BCUT2D eigenvalue weighted by Crippen LogP contribution is -2.21. The summed E-state index contributed by atoms with van der Waals surface area (Å²) in [5, 5.41) is 6.86. The first-order valence-electron chi connectivity index (χ1n) is 5.34. The summed E-state index contributed by atoms with van der Waals surface area (Å²) in [6.45, 7) is 0. The van der Waals surface area contributed by atoms with Gasteiger partial charge in [0.05, 0.1) is 11.7 Å². The van der Waals surface area contributed by atoms with Gasteiger partial charge in [0.15, 0.2) is 0 Å². The van der Waals surface area contributed by atoms with Gasteiger partial charge in [0.25, 0.3) is 0 Å². The molecule has 96 valence electrons. The molecule has 3 nitrogen and oxygen atoms in total. The van der Waals surface area contributed by atoms with Crippen LogP contribution < -0.4 is 5.32 Å². The van der Waals surface area contributed by atoms with Crippen LogP contribution >= 0.6 is 0 Å². The Morgan fingerprint density at radius 3 is 2.28 bits per heavy atom. The van der Waals surface area contributed by atoms with Gasteiger partial charge >= 0.3 is 0 Å². The molecule has 0 saturated carbocycles. The van der Waals surface area contributed by atoms with E-state index < -0.39 is 23.5 Å². The number of nitrogens with zero attached hydrogens (tertiary/aromatic N) is 2. The van der Waals surface area contributed by atoms with Crippen LogP contribution in [0.2, 0.25) is 0 Å². The second kappa shape index (κ2) is 4.81. The van der Waals surface area contributed by atoms with E-state index in [4.69, 9.17) is 0 Å². The standard InChI is InChI=1S/C12H12F3N3/c1-16-12(10-3-4-18(2)17-10)11-8(14)5-7(13)6-9(11)15/h3-6,12,16H,1-2H3. The number of nitrogens with one attached hydrogen (secondary N) is 1. The largest absolute Gasteiger partial charge is 0.308 e. The fourth-order valence-corrected chi connectivity index (χ4v) is 1.86. The van der Waals surface area contributed by atoms with Crippen molar-refractivity contribution >= 4 is 0 Å². The molecule has 2 rings (SSSR count). The highest BCUT2D eigenvalue weighted by atomic mass is 19.1. The molecule has 0 radical (unpaired) electrons. The molecular formula is C12H12F3N3. The summed E-state index contributed by atoms with van der Waals surface area (Å²) in [5.74, 6) is -2.81. The lowest BCUT2D eigenvalue weighted by Gasteiger charge is -2.16. The third-order valence-electron chi connectivity index (χ3n) is 2.65. The summed E-state index contributed by atoms with van der Waals surface area (Å²) in [7, 11) is 3.26. The first-order chi connectivity index (χ1) is 8.52. The Balaban J connectivity index is 2.51. The third kappa shape index (κ3) is 2.24. The molecule has 0 aliphatic carbocycles. The Bertz CT molecular complexity index is 542. The molecule has 1 aromatic heterocycles. The van der Waals surface area contributed by atoms with Gasteiger partial charge in [-0.05, 0) is 13.1 Å². The van der Waals surface area contributed by atoms with Gasteiger partial charge in [0.2, 0.25) is 0 Å². The molecule has 0 fully saturated rings. The molecule has 0 saturated heterocycles. The molecule has 0 aliphatic heterocycles. The average molecular weight is 255 g/mol. The van der Waals surface area contributed by atoms with E-state index in [1.165, 1.54) is 4.68 Å². The Morgan fingerprint density at radius 1 is 1.22 bits per heavy atom. The molecule has 1 unspecified atom stereocenters. The normalized spacial score (nSPS) is 12.7. The minimum absolute atomic E-state index is 0.238. The molecule has 0 amide bonds. The van der Waals surface area contributed by atoms with Crippen LogP contribution in [-0.2, 0) is 7.05 Å². The number of rotatable bonds is 3. The Kier molecular flexibility index (Phi) is 3.38. The van der Waals surface area contributed by atoms with Gasteiger partial charge in [0, 0.05) is 30.9 Å². The maximum atomic E-state index is 13.7.